The minimum Gasteiger partial charge on any atom is -0.480 e. The van der Waals surface area contributed by atoms with Gasteiger partial charge in [0.05, 0.1) is 0 Å². The van der Waals surface area contributed by atoms with Gasteiger partial charge < -0.3 is 9.84 Å². The van der Waals surface area contributed by atoms with E-state index in [1.807, 2.05) is 54.6 Å². The van der Waals surface area contributed by atoms with E-state index in [9.17, 15) is 14.7 Å². The Morgan fingerprint density at radius 3 is 1.97 bits per heavy atom. The number of aliphatic carboxylic acids is 1. The SMILES string of the molecule is C[C@@H](c1ccccc1)[C@@H](C(=O)O)N(C)C(=O)OCC1c2ccccc2-c2ccccc21. The minimum atomic E-state index is -1.06. The Kier molecular flexibility index (Phi) is 5.76. The Bertz CT molecular complexity index is 1050. The quantitative estimate of drug-likeness (QED) is 0.606. The molecule has 31 heavy (non-hydrogen) atoms. The van der Waals surface area contributed by atoms with Crippen LogP contribution in [-0.4, -0.2) is 41.8 Å². The van der Waals surface area contributed by atoms with Crippen molar-refractivity contribution < 1.29 is 19.4 Å². The Hall–Kier alpha value is -3.60. The molecule has 0 bridgehead atoms. The number of carboxylic acids is 1. The molecule has 0 fully saturated rings. The third-order valence-corrected chi connectivity index (χ3v) is 6.09. The summed E-state index contributed by atoms with van der Waals surface area (Å²) in [7, 11) is 1.48. The highest BCUT2D eigenvalue weighted by atomic mass is 16.6. The van der Waals surface area contributed by atoms with Gasteiger partial charge in [-0.05, 0) is 27.8 Å². The maximum absolute atomic E-state index is 12.8. The van der Waals surface area contributed by atoms with E-state index < -0.39 is 18.1 Å². The van der Waals surface area contributed by atoms with Crippen LogP contribution in [0.4, 0.5) is 4.79 Å². The maximum atomic E-state index is 12.8. The summed E-state index contributed by atoms with van der Waals surface area (Å²) >= 11 is 0. The molecule has 2 atom stereocenters. The fourth-order valence-electron chi connectivity index (χ4n) is 4.46. The van der Waals surface area contributed by atoms with Gasteiger partial charge in [-0.2, -0.15) is 0 Å². The van der Waals surface area contributed by atoms with E-state index in [1.54, 1.807) is 6.92 Å². The molecule has 0 spiro atoms. The summed E-state index contributed by atoms with van der Waals surface area (Å²) in [5.74, 6) is -1.52. The van der Waals surface area contributed by atoms with E-state index in [4.69, 9.17) is 4.74 Å². The molecule has 3 aromatic carbocycles. The number of hydrogen-bond acceptors (Lipinski definition) is 3. The lowest BCUT2D eigenvalue weighted by Crippen LogP contribution is -2.46. The smallest absolute Gasteiger partial charge is 0.410 e. The third kappa shape index (κ3) is 3.91. The monoisotopic (exact) mass is 415 g/mol. The molecule has 0 radical (unpaired) electrons. The molecule has 4 rings (SSSR count). The summed E-state index contributed by atoms with van der Waals surface area (Å²) in [5, 5.41) is 9.81. The summed E-state index contributed by atoms with van der Waals surface area (Å²) in [6, 6.07) is 24.5. The minimum absolute atomic E-state index is 0.0698. The fraction of sp³-hybridized carbons (Fsp3) is 0.231. The molecular formula is C26H25NO4. The van der Waals surface area contributed by atoms with Gasteiger partial charge in [0.15, 0.2) is 0 Å². The Morgan fingerprint density at radius 1 is 0.903 bits per heavy atom. The normalized spacial score (nSPS) is 14.3. The van der Waals surface area contributed by atoms with Crippen LogP contribution in [0.1, 0.15) is 35.4 Å². The van der Waals surface area contributed by atoms with E-state index in [2.05, 4.69) is 24.3 Å². The van der Waals surface area contributed by atoms with Gasteiger partial charge in [-0.1, -0.05) is 85.8 Å². The molecule has 0 saturated carbocycles. The zero-order valence-electron chi connectivity index (χ0n) is 17.6. The van der Waals surface area contributed by atoms with Gasteiger partial charge in [0.2, 0.25) is 0 Å². The van der Waals surface area contributed by atoms with Crippen LogP contribution < -0.4 is 0 Å². The van der Waals surface area contributed by atoms with Crippen LogP contribution in [0.25, 0.3) is 11.1 Å². The Balaban J connectivity index is 1.51. The molecular weight excluding hydrogens is 390 g/mol. The number of carbonyl (C=O) groups excluding carboxylic acids is 1. The van der Waals surface area contributed by atoms with Crippen LogP contribution in [0.15, 0.2) is 78.9 Å². The number of carboxylic acid groups (broad SMARTS) is 1. The van der Waals surface area contributed by atoms with Gasteiger partial charge in [-0.15, -0.1) is 0 Å². The lowest BCUT2D eigenvalue weighted by atomic mass is 9.92. The Morgan fingerprint density at radius 2 is 1.42 bits per heavy atom. The van der Waals surface area contributed by atoms with E-state index in [1.165, 1.54) is 11.9 Å². The van der Waals surface area contributed by atoms with Gasteiger partial charge in [0, 0.05) is 18.9 Å². The molecule has 1 N–H and O–H groups in total. The maximum Gasteiger partial charge on any atom is 0.410 e. The second kappa shape index (κ2) is 8.64. The number of hydrogen-bond donors (Lipinski definition) is 1. The zero-order valence-corrected chi connectivity index (χ0v) is 17.6. The molecule has 0 saturated heterocycles. The van der Waals surface area contributed by atoms with Crippen molar-refractivity contribution in [2.24, 2.45) is 0 Å². The van der Waals surface area contributed by atoms with E-state index >= 15 is 0 Å². The molecule has 3 aromatic rings. The highest BCUT2D eigenvalue weighted by Crippen LogP contribution is 2.44. The first-order valence-electron chi connectivity index (χ1n) is 10.3. The molecule has 0 aliphatic heterocycles. The van der Waals surface area contributed by atoms with E-state index in [0.717, 1.165) is 27.8 Å². The topological polar surface area (TPSA) is 66.8 Å². The van der Waals surface area contributed by atoms with Crippen LogP contribution >= 0.6 is 0 Å². The molecule has 1 aliphatic carbocycles. The van der Waals surface area contributed by atoms with Gasteiger partial charge in [-0.25, -0.2) is 9.59 Å². The number of ether oxygens (including phenoxy) is 1. The van der Waals surface area contributed by atoms with Crippen molar-refractivity contribution in [3.63, 3.8) is 0 Å². The summed E-state index contributed by atoms with van der Waals surface area (Å²) in [6.07, 6.45) is -0.642. The van der Waals surface area contributed by atoms with Crippen molar-refractivity contribution in [3.8, 4) is 11.1 Å². The van der Waals surface area contributed by atoms with E-state index in [0.29, 0.717) is 0 Å². The zero-order chi connectivity index (χ0) is 22.0. The van der Waals surface area contributed by atoms with Gasteiger partial charge >= 0.3 is 12.1 Å². The third-order valence-electron chi connectivity index (χ3n) is 6.09. The van der Waals surface area contributed by atoms with Crippen molar-refractivity contribution in [1.82, 2.24) is 4.90 Å². The second-order valence-electron chi connectivity index (χ2n) is 7.90. The molecule has 5 heteroatoms. The van der Waals surface area contributed by atoms with Crippen molar-refractivity contribution in [3.05, 3.63) is 95.6 Å². The molecule has 0 heterocycles. The number of rotatable bonds is 6. The van der Waals surface area contributed by atoms with Crippen LogP contribution in [-0.2, 0) is 9.53 Å². The first kappa shape index (κ1) is 20.7. The highest BCUT2D eigenvalue weighted by molar-refractivity contribution is 5.81. The van der Waals surface area contributed by atoms with Crippen molar-refractivity contribution in [2.75, 3.05) is 13.7 Å². The van der Waals surface area contributed by atoms with Crippen molar-refractivity contribution in [1.29, 1.82) is 0 Å². The lowest BCUT2D eigenvalue weighted by Gasteiger charge is -2.29. The molecule has 0 aromatic heterocycles. The molecule has 158 valence electrons. The first-order valence-corrected chi connectivity index (χ1v) is 10.3. The van der Waals surface area contributed by atoms with E-state index in [-0.39, 0.29) is 18.4 Å². The van der Waals surface area contributed by atoms with Gasteiger partial charge in [0.1, 0.15) is 12.6 Å². The molecule has 1 amide bonds. The first-order chi connectivity index (χ1) is 15.0. The number of carbonyl (C=O) groups is 2. The summed E-state index contributed by atoms with van der Waals surface area (Å²) in [6.45, 7) is 1.96. The second-order valence-corrected chi connectivity index (χ2v) is 7.90. The Labute approximate surface area is 181 Å². The fourth-order valence-corrected chi connectivity index (χ4v) is 4.46. The average molecular weight is 415 g/mol. The van der Waals surface area contributed by atoms with Crippen LogP contribution in [0.3, 0.4) is 0 Å². The number of amides is 1. The molecule has 0 unspecified atom stereocenters. The van der Waals surface area contributed by atoms with Gasteiger partial charge in [0.25, 0.3) is 0 Å². The van der Waals surface area contributed by atoms with Crippen LogP contribution in [0, 0.1) is 0 Å². The highest BCUT2D eigenvalue weighted by Gasteiger charge is 2.35. The summed E-state index contributed by atoms with van der Waals surface area (Å²) in [5.41, 5.74) is 5.38. The predicted octanol–water partition coefficient (Wildman–Crippen LogP) is 5.12. The molecule has 1 aliphatic rings. The standard InChI is InChI=1S/C26H25NO4/c1-17(18-10-4-3-5-11-18)24(25(28)29)27(2)26(30)31-16-23-21-14-8-6-12-19(21)20-13-7-9-15-22(20)23/h3-15,17,23-24H,16H2,1-2H3,(H,28,29)/t17-,24-/m0/s1. The number of nitrogens with zero attached hydrogens (tertiary/aromatic N) is 1. The van der Waals surface area contributed by atoms with Crippen molar-refractivity contribution in [2.45, 2.75) is 24.8 Å². The number of fused-ring (bicyclic) bond motifs is 3. The summed E-state index contributed by atoms with van der Waals surface area (Å²) < 4.78 is 5.64. The number of likely N-dealkylation sites (N-methyl/N-ethyl adjacent to an activating group) is 1. The van der Waals surface area contributed by atoms with Crippen LogP contribution in [0.2, 0.25) is 0 Å². The predicted molar refractivity (Wildman–Crippen MR) is 119 cm³/mol. The molecule has 5 nitrogen and oxygen atoms in total. The summed E-state index contributed by atoms with van der Waals surface area (Å²) in [4.78, 5) is 26.0. The lowest BCUT2D eigenvalue weighted by molar-refractivity contribution is -0.143. The van der Waals surface area contributed by atoms with Gasteiger partial charge in [-0.3, -0.25) is 4.90 Å². The van der Waals surface area contributed by atoms with Crippen molar-refractivity contribution >= 4 is 12.1 Å². The number of benzene rings is 3. The largest absolute Gasteiger partial charge is 0.480 e. The average Bonchev–Trinajstić information content (AvgIpc) is 3.11. The van der Waals surface area contributed by atoms with Crippen LogP contribution in [0.5, 0.6) is 0 Å².